The zero-order valence-electron chi connectivity index (χ0n) is 17.4. The van der Waals surface area contributed by atoms with Gasteiger partial charge in [-0.1, -0.05) is 50.6 Å². The molecule has 30 heavy (non-hydrogen) atoms. The smallest absolute Gasteiger partial charge is 0.266 e. The summed E-state index contributed by atoms with van der Waals surface area (Å²) in [7, 11) is 0. The van der Waals surface area contributed by atoms with Crippen LogP contribution in [0.4, 0.5) is 5.69 Å². The van der Waals surface area contributed by atoms with Crippen LogP contribution in [0, 0.1) is 12.3 Å². The Labute approximate surface area is 178 Å². The van der Waals surface area contributed by atoms with E-state index in [2.05, 4.69) is 10.3 Å². The molecule has 1 heterocycles. The summed E-state index contributed by atoms with van der Waals surface area (Å²) in [6, 6.07) is 14.6. The second-order valence-corrected chi connectivity index (χ2v) is 9.22. The second-order valence-electron chi connectivity index (χ2n) is 8.13. The van der Waals surface area contributed by atoms with Gasteiger partial charge in [0.25, 0.3) is 11.5 Å². The summed E-state index contributed by atoms with van der Waals surface area (Å²) in [4.78, 5) is 39.6. The number of amides is 1. The van der Waals surface area contributed by atoms with E-state index in [1.807, 2.05) is 52.0 Å². The van der Waals surface area contributed by atoms with Crippen molar-refractivity contribution in [2.45, 2.75) is 27.7 Å². The molecule has 3 aromatic rings. The number of aromatic nitrogens is 1. The van der Waals surface area contributed by atoms with Crippen LogP contribution in [-0.2, 0) is 4.79 Å². The van der Waals surface area contributed by atoms with E-state index in [0.717, 1.165) is 11.1 Å². The van der Waals surface area contributed by atoms with E-state index in [4.69, 9.17) is 0 Å². The van der Waals surface area contributed by atoms with Crippen molar-refractivity contribution in [1.82, 2.24) is 4.98 Å². The summed E-state index contributed by atoms with van der Waals surface area (Å²) < 4.78 is 1.01. The van der Waals surface area contributed by atoms with Crippen LogP contribution in [-0.4, -0.2) is 16.7 Å². The molecule has 0 fully saturated rings. The van der Waals surface area contributed by atoms with Gasteiger partial charge in [-0.25, -0.2) is 0 Å². The normalized spacial score (nSPS) is 12.8. The molecule has 0 saturated heterocycles. The molecule has 2 N–H and O–H groups in total. The Morgan fingerprint density at radius 3 is 2.43 bits per heavy atom. The lowest BCUT2D eigenvalue weighted by Gasteiger charge is -2.12. The van der Waals surface area contributed by atoms with Crippen molar-refractivity contribution in [1.29, 1.82) is 0 Å². The Morgan fingerprint density at radius 2 is 1.77 bits per heavy atom. The number of aryl methyl sites for hydroxylation is 1. The lowest BCUT2D eigenvalue weighted by molar-refractivity contribution is -0.119. The van der Waals surface area contributed by atoms with E-state index >= 15 is 0 Å². The highest BCUT2D eigenvalue weighted by Gasteiger charge is 2.18. The van der Waals surface area contributed by atoms with Crippen LogP contribution in [0.1, 0.15) is 42.3 Å². The summed E-state index contributed by atoms with van der Waals surface area (Å²) in [6.45, 7) is 7.47. The van der Waals surface area contributed by atoms with Crippen molar-refractivity contribution in [3.05, 3.63) is 84.8 Å². The third kappa shape index (κ3) is 5.42. The average Bonchev–Trinajstić information content (AvgIpc) is 3.00. The van der Waals surface area contributed by atoms with Gasteiger partial charge in [0.05, 0.1) is 9.20 Å². The molecule has 1 amide bonds. The summed E-state index contributed by atoms with van der Waals surface area (Å²) in [6.07, 6.45) is 3.21. The van der Waals surface area contributed by atoms with E-state index in [1.54, 1.807) is 30.3 Å². The first kappa shape index (κ1) is 21.5. The molecule has 2 aromatic carbocycles. The number of benzene rings is 2. The summed E-state index contributed by atoms with van der Waals surface area (Å²) in [5.41, 5.74) is 2.32. The molecule has 0 radical (unpaired) electrons. The molecule has 0 aliphatic carbocycles. The van der Waals surface area contributed by atoms with Crippen molar-refractivity contribution >= 4 is 40.9 Å². The fraction of sp³-hybridized carbons (Fsp3) is 0.208. The van der Waals surface area contributed by atoms with Gasteiger partial charge in [0.2, 0.25) is 0 Å². The first-order valence-corrected chi connectivity index (χ1v) is 10.4. The predicted molar refractivity (Wildman–Crippen MR) is 122 cm³/mol. The van der Waals surface area contributed by atoms with E-state index in [9.17, 15) is 14.4 Å². The zero-order valence-corrected chi connectivity index (χ0v) is 18.2. The highest BCUT2D eigenvalue weighted by Crippen LogP contribution is 2.15. The first-order valence-electron chi connectivity index (χ1n) is 9.57. The first-order chi connectivity index (χ1) is 14.1. The minimum atomic E-state index is -0.505. The minimum Gasteiger partial charge on any atom is -0.322 e. The number of Topliss-reactive ketones (excluding diaryl/α,β-unsaturated/α-hetero) is 1. The summed E-state index contributed by atoms with van der Waals surface area (Å²) in [5, 5.41) is 2.87. The van der Waals surface area contributed by atoms with E-state index in [-0.39, 0.29) is 17.2 Å². The van der Waals surface area contributed by atoms with Crippen molar-refractivity contribution in [3.8, 4) is 0 Å². The molecule has 0 aliphatic rings. The van der Waals surface area contributed by atoms with Gasteiger partial charge in [0, 0.05) is 22.7 Å². The Hall–Kier alpha value is -3.25. The monoisotopic (exact) mass is 420 g/mol. The van der Waals surface area contributed by atoms with Gasteiger partial charge in [-0.3, -0.25) is 14.4 Å². The van der Waals surface area contributed by atoms with Gasteiger partial charge >= 0.3 is 0 Å². The molecule has 6 heteroatoms. The van der Waals surface area contributed by atoms with Gasteiger partial charge in [0.1, 0.15) is 0 Å². The molecular weight excluding hydrogens is 396 g/mol. The third-order valence-corrected chi connectivity index (χ3v) is 5.40. The molecule has 3 rings (SSSR count). The molecule has 0 bridgehead atoms. The number of nitrogens with one attached hydrogen (secondary N) is 2. The van der Waals surface area contributed by atoms with Crippen molar-refractivity contribution in [2.24, 2.45) is 5.41 Å². The predicted octanol–water partition coefficient (Wildman–Crippen LogP) is 3.22. The maximum atomic E-state index is 12.4. The number of hydrogen-bond acceptors (Lipinski definition) is 4. The van der Waals surface area contributed by atoms with Gasteiger partial charge in [-0.2, -0.15) is 0 Å². The van der Waals surface area contributed by atoms with Crippen LogP contribution in [0.15, 0.2) is 53.3 Å². The number of rotatable bonds is 4. The number of carbonyl (C=O) groups excluding carboxylic acids is 2. The summed E-state index contributed by atoms with van der Waals surface area (Å²) >= 11 is 1.23. The number of thiazole rings is 1. The number of anilines is 1. The Balaban J connectivity index is 1.86. The standard InChI is InChI=1S/C24H24N2O3S/c1-15-8-10-17(11-9-15)22(28)25-18-7-5-6-16(12-18)13-19-23(29)26-21(30-19)14-20(27)24(2,3)4/h5-14H,1-4H3,(H,25,28)(H,26,29)/b19-13-,21-14+. The van der Waals surface area contributed by atoms with Crippen molar-refractivity contribution < 1.29 is 9.59 Å². The maximum Gasteiger partial charge on any atom is 0.266 e. The van der Waals surface area contributed by atoms with Gasteiger partial charge in [-0.05, 0) is 42.8 Å². The number of hydrogen-bond donors (Lipinski definition) is 2. The average molecular weight is 421 g/mol. The largest absolute Gasteiger partial charge is 0.322 e. The van der Waals surface area contributed by atoms with Crippen LogP contribution in [0.2, 0.25) is 0 Å². The quantitative estimate of drug-likeness (QED) is 0.680. The molecule has 0 atom stereocenters. The zero-order chi connectivity index (χ0) is 21.9. The van der Waals surface area contributed by atoms with Crippen LogP contribution in [0.25, 0.3) is 12.2 Å². The van der Waals surface area contributed by atoms with Crippen LogP contribution in [0.5, 0.6) is 0 Å². The molecule has 0 aliphatic heterocycles. The van der Waals surface area contributed by atoms with Gasteiger partial charge in [0.15, 0.2) is 5.78 Å². The number of H-pyrrole nitrogens is 1. The molecule has 1 aromatic heterocycles. The Kier molecular flexibility index (Phi) is 6.17. The Morgan fingerprint density at radius 1 is 1.07 bits per heavy atom. The molecule has 5 nitrogen and oxygen atoms in total. The second kappa shape index (κ2) is 8.63. The van der Waals surface area contributed by atoms with Crippen molar-refractivity contribution in [3.63, 3.8) is 0 Å². The Bertz CT molecular complexity index is 1260. The number of carbonyl (C=O) groups is 2. The molecular formula is C24H24N2O3S. The van der Waals surface area contributed by atoms with Crippen LogP contribution >= 0.6 is 11.3 Å². The fourth-order valence-corrected chi connectivity index (χ4v) is 3.51. The van der Waals surface area contributed by atoms with E-state index in [0.29, 0.717) is 20.4 Å². The molecule has 154 valence electrons. The van der Waals surface area contributed by atoms with Crippen LogP contribution < -0.4 is 20.1 Å². The SMILES string of the molecule is Cc1ccc(C(=O)Nc2cccc(/C=c3\s/c(=C/C(=O)C(C)(C)C)[nH]c3=O)c2)cc1. The lowest BCUT2D eigenvalue weighted by atomic mass is 9.91. The van der Waals surface area contributed by atoms with Gasteiger partial charge in [-0.15, -0.1) is 11.3 Å². The molecule has 0 unspecified atom stereocenters. The summed E-state index contributed by atoms with van der Waals surface area (Å²) in [5.74, 6) is -0.244. The lowest BCUT2D eigenvalue weighted by Crippen LogP contribution is -2.22. The van der Waals surface area contributed by atoms with E-state index in [1.165, 1.54) is 17.4 Å². The fourth-order valence-electron chi connectivity index (χ4n) is 2.63. The number of ketones is 1. The number of aromatic amines is 1. The highest BCUT2D eigenvalue weighted by molar-refractivity contribution is 7.07. The van der Waals surface area contributed by atoms with E-state index < -0.39 is 5.41 Å². The van der Waals surface area contributed by atoms with Crippen LogP contribution in [0.3, 0.4) is 0 Å². The van der Waals surface area contributed by atoms with Crippen molar-refractivity contribution in [2.75, 3.05) is 5.32 Å². The van der Waals surface area contributed by atoms with Gasteiger partial charge < -0.3 is 10.3 Å². The molecule has 0 spiro atoms. The maximum absolute atomic E-state index is 12.4. The third-order valence-electron chi connectivity index (χ3n) is 4.44. The molecule has 0 saturated carbocycles. The minimum absolute atomic E-state index is 0.0487. The highest BCUT2D eigenvalue weighted by atomic mass is 32.1. The topological polar surface area (TPSA) is 79.0 Å².